The molecule has 162 valence electrons. The van der Waals surface area contributed by atoms with E-state index >= 15 is 0 Å². The van der Waals surface area contributed by atoms with Gasteiger partial charge in [-0.1, -0.05) is 6.07 Å². The highest BCUT2D eigenvalue weighted by molar-refractivity contribution is 6.04. The van der Waals surface area contributed by atoms with E-state index in [1.165, 1.54) is 12.1 Å². The first kappa shape index (κ1) is 18.8. The van der Waals surface area contributed by atoms with Crippen molar-refractivity contribution in [1.82, 2.24) is 9.97 Å². The molecule has 1 atom stereocenters. The van der Waals surface area contributed by atoms with E-state index < -0.39 is 6.29 Å². The van der Waals surface area contributed by atoms with E-state index in [1.807, 2.05) is 12.1 Å². The van der Waals surface area contributed by atoms with Crippen molar-refractivity contribution in [1.29, 1.82) is 0 Å². The number of pyridine rings is 2. The molecule has 1 saturated heterocycles. The van der Waals surface area contributed by atoms with Gasteiger partial charge < -0.3 is 14.4 Å². The van der Waals surface area contributed by atoms with Crippen LogP contribution < -0.4 is 24.6 Å². The van der Waals surface area contributed by atoms with Crippen LogP contribution in [-0.2, 0) is 0 Å². The first-order valence-electron chi connectivity index (χ1n) is 10.1. The number of hydrogen-bond acceptors (Lipinski definition) is 6. The van der Waals surface area contributed by atoms with Gasteiger partial charge in [-0.05, 0) is 48.9 Å². The summed E-state index contributed by atoms with van der Waals surface area (Å²) in [5.74, 6) is 0.887. The smallest absolute Gasteiger partial charge is 0.395 e. The highest BCUT2D eigenvalue weighted by atomic mass is 19.3. The fourth-order valence-corrected chi connectivity index (χ4v) is 4.35. The molecular formula is C22H17F2N5O3. The van der Waals surface area contributed by atoms with Gasteiger partial charge in [0.05, 0.1) is 17.4 Å². The minimum absolute atomic E-state index is 0.0237. The van der Waals surface area contributed by atoms with E-state index in [9.17, 15) is 13.6 Å². The molecular weight excluding hydrogens is 420 g/mol. The summed E-state index contributed by atoms with van der Waals surface area (Å²) in [6, 6.07) is 13.2. The molecule has 6 rings (SSSR count). The summed E-state index contributed by atoms with van der Waals surface area (Å²) in [6.45, 7) is 1.55. The molecule has 0 spiro atoms. The number of carbonyl (C=O) groups excluding carboxylic acids is 1. The van der Waals surface area contributed by atoms with Crippen molar-refractivity contribution in [3.05, 3.63) is 54.7 Å². The zero-order valence-corrected chi connectivity index (χ0v) is 16.7. The van der Waals surface area contributed by atoms with Crippen LogP contribution in [0.1, 0.15) is 6.42 Å². The van der Waals surface area contributed by atoms with Crippen molar-refractivity contribution in [3.63, 3.8) is 0 Å². The van der Waals surface area contributed by atoms with Crippen LogP contribution in [0.15, 0.2) is 54.7 Å². The van der Waals surface area contributed by atoms with Crippen molar-refractivity contribution in [2.24, 2.45) is 0 Å². The van der Waals surface area contributed by atoms with Crippen LogP contribution >= 0.6 is 0 Å². The number of alkyl halides is 2. The normalized spacial score (nSPS) is 19.6. The Kier molecular flexibility index (Phi) is 3.98. The summed E-state index contributed by atoms with van der Waals surface area (Å²) in [6.07, 6.45) is -1.26. The number of urea groups is 1. The third kappa shape index (κ3) is 3.06. The molecule has 2 aromatic heterocycles. The summed E-state index contributed by atoms with van der Waals surface area (Å²) in [5.41, 5.74) is 1.96. The predicted molar refractivity (Wildman–Crippen MR) is 112 cm³/mol. The average Bonchev–Trinajstić information content (AvgIpc) is 3.33. The Labute approximate surface area is 181 Å². The lowest BCUT2D eigenvalue weighted by Crippen LogP contribution is -2.48. The minimum Gasteiger partial charge on any atom is -0.395 e. The number of rotatable bonds is 2. The summed E-state index contributed by atoms with van der Waals surface area (Å²) in [4.78, 5) is 26.0. The van der Waals surface area contributed by atoms with E-state index in [4.69, 9.17) is 4.98 Å². The number of nitrogens with one attached hydrogen (secondary N) is 1. The van der Waals surface area contributed by atoms with Crippen LogP contribution in [0.25, 0.3) is 11.3 Å². The maximum atomic E-state index is 13.4. The number of fused-ring (bicyclic) bond motifs is 5. The molecule has 3 aliphatic rings. The molecule has 1 N–H and O–H groups in total. The van der Waals surface area contributed by atoms with Crippen LogP contribution in [0.5, 0.6) is 11.5 Å². The fourth-order valence-electron chi connectivity index (χ4n) is 4.35. The van der Waals surface area contributed by atoms with Gasteiger partial charge in [0, 0.05) is 24.8 Å². The molecule has 3 aliphatic heterocycles. The van der Waals surface area contributed by atoms with Gasteiger partial charge in [-0.15, -0.1) is 8.78 Å². The maximum absolute atomic E-state index is 13.4. The average molecular weight is 437 g/mol. The van der Waals surface area contributed by atoms with Crippen molar-refractivity contribution < 1.29 is 23.0 Å². The lowest BCUT2D eigenvalue weighted by atomic mass is 10.1. The Morgan fingerprint density at radius 2 is 2.00 bits per heavy atom. The van der Waals surface area contributed by atoms with Gasteiger partial charge in [0.15, 0.2) is 17.3 Å². The number of halogens is 2. The largest absolute Gasteiger partial charge is 0.586 e. The lowest BCUT2D eigenvalue weighted by Gasteiger charge is -2.35. The number of nitrogens with zero attached hydrogens (tertiary/aromatic N) is 4. The van der Waals surface area contributed by atoms with Crippen molar-refractivity contribution in [3.8, 4) is 22.8 Å². The second-order valence-corrected chi connectivity index (χ2v) is 7.77. The second-order valence-electron chi connectivity index (χ2n) is 7.77. The van der Waals surface area contributed by atoms with Crippen LogP contribution in [0, 0.1) is 0 Å². The van der Waals surface area contributed by atoms with Gasteiger partial charge in [-0.25, -0.2) is 14.8 Å². The molecule has 1 fully saturated rings. The van der Waals surface area contributed by atoms with Gasteiger partial charge >= 0.3 is 12.3 Å². The monoisotopic (exact) mass is 437 g/mol. The summed E-state index contributed by atoms with van der Waals surface area (Å²) < 4.78 is 35.8. The number of benzene rings is 1. The molecule has 2 amide bonds. The number of ether oxygens (including phenoxy) is 2. The predicted octanol–water partition coefficient (Wildman–Crippen LogP) is 4.10. The van der Waals surface area contributed by atoms with Gasteiger partial charge in [0.2, 0.25) is 0 Å². The Balaban J connectivity index is 1.37. The Bertz CT molecular complexity index is 1220. The van der Waals surface area contributed by atoms with Crippen molar-refractivity contribution in [2.45, 2.75) is 18.8 Å². The van der Waals surface area contributed by atoms with Gasteiger partial charge in [-0.2, -0.15) is 0 Å². The van der Waals surface area contributed by atoms with Gasteiger partial charge in [-0.3, -0.25) is 10.2 Å². The third-order valence-corrected chi connectivity index (χ3v) is 5.77. The Hall–Kier alpha value is -3.95. The summed E-state index contributed by atoms with van der Waals surface area (Å²) in [5, 5.41) is 2.84. The van der Waals surface area contributed by atoms with Crippen LogP contribution in [0.3, 0.4) is 0 Å². The van der Waals surface area contributed by atoms with E-state index in [0.717, 1.165) is 25.2 Å². The van der Waals surface area contributed by atoms with E-state index in [0.29, 0.717) is 22.9 Å². The highest BCUT2D eigenvalue weighted by Gasteiger charge is 2.44. The second kappa shape index (κ2) is 6.78. The molecule has 0 saturated carbocycles. The first-order valence-corrected chi connectivity index (χ1v) is 10.1. The van der Waals surface area contributed by atoms with Crippen LogP contribution in [-0.4, -0.2) is 41.4 Å². The van der Waals surface area contributed by atoms with Crippen molar-refractivity contribution in [2.75, 3.05) is 28.2 Å². The van der Waals surface area contributed by atoms with Crippen molar-refractivity contribution >= 4 is 23.4 Å². The SMILES string of the molecule is O=C(Nc1ccccn1)N1c2nc(-c3ccc4c(c3)OC(F)(F)O4)ccc2N2CC[C@@H]1C2. The quantitative estimate of drug-likeness (QED) is 0.651. The molecule has 3 aromatic rings. The first-order chi connectivity index (χ1) is 15.5. The fraction of sp³-hybridized carbons (Fsp3) is 0.227. The zero-order chi connectivity index (χ0) is 21.9. The standard InChI is InChI=1S/C22H17F2N5O3/c23-22(24)31-17-7-4-13(11-18(17)32-22)15-5-6-16-20(26-15)29(14-8-10-28(16)12-14)21(30)27-19-3-1-2-9-25-19/h1-7,9,11,14H,8,10,12H2,(H,25,27,30)/t14-/m1/s1. The molecule has 0 unspecified atom stereocenters. The third-order valence-electron chi connectivity index (χ3n) is 5.77. The molecule has 8 nitrogen and oxygen atoms in total. The van der Waals surface area contributed by atoms with E-state index in [2.05, 4.69) is 24.7 Å². The highest BCUT2D eigenvalue weighted by Crippen LogP contribution is 2.44. The molecule has 10 heteroatoms. The van der Waals surface area contributed by atoms with Crippen LogP contribution in [0.4, 0.5) is 30.9 Å². The summed E-state index contributed by atoms with van der Waals surface area (Å²) in [7, 11) is 0. The minimum atomic E-state index is -3.68. The number of anilines is 3. The lowest BCUT2D eigenvalue weighted by molar-refractivity contribution is -0.286. The molecule has 1 aromatic carbocycles. The Morgan fingerprint density at radius 3 is 2.84 bits per heavy atom. The summed E-state index contributed by atoms with van der Waals surface area (Å²) >= 11 is 0. The number of aromatic nitrogens is 2. The molecule has 32 heavy (non-hydrogen) atoms. The number of hydrogen-bond donors (Lipinski definition) is 1. The number of amides is 2. The van der Waals surface area contributed by atoms with Gasteiger partial charge in [0.1, 0.15) is 5.82 Å². The number of carbonyl (C=O) groups is 1. The topological polar surface area (TPSA) is 79.8 Å². The van der Waals surface area contributed by atoms with Gasteiger partial charge in [0.25, 0.3) is 0 Å². The molecule has 5 heterocycles. The van der Waals surface area contributed by atoms with E-state index in [1.54, 1.807) is 35.4 Å². The van der Waals surface area contributed by atoms with E-state index in [-0.39, 0.29) is 23.6 Å². The molecule has 0 radical (unpaired) electrons. The Morgan fingerprint density at radius 1 is 1.12 bits per heavy atom. The molecule has 0 aliphatic carbocycles. The zero-order valence-electron chi connectivity index (χ0n) is 16.7. The molecule has 2 bridgehead atoms. The van der Waals surface area contributed by atoms with Crippen LogP contribution in [0.2, 0.25) is 0 Å². The maximum Gasteiger partial charge on any atom is 0.586 e.